The molecule has 2 amide bonds. The zero-order valence-corrected chi connectivity index (χ0v) is 14.3. The van der Waals surface area contributed by atoms with Crippen LogP contribution in [0.15, 0.2) is 47.2 Å². The molecule has 0 saturated carbocycles. The van der Waals surface area contributed by atoms with Gasteiger partial charge in [0.05, 0.1) is 12.3 Å². The van der Waals surface area contributed by atoms with E-state index in [-0.39, 0.29) is 12.1 Å². The van der Waals surface area contributed by atoms with E-state index >= 15 is 0 Å². The highest BCUT2D eigenvalue weighted by Crippen LogP contribution is 2.24. The molecule has 0 spiro atoms. The van der Waals surface area contributed by atoms with E-state index in [1.54, 1.807) is 12.5 Å². The minimum Gasteiger partial charge on any atom is -0.468 e. The van der Waals surface area contributed by atoms with Crippen LogP contribution in [0.25, 0.3) is 0 Å². The summed E-state index contributed by atoms with van der Waals surface area (Å²) >= 11 is 0. The van der Waals surface area contributed by atoms with Gasteiger partial charge in [0.15, 0.2) is 0 Å². The molecule has 0 radical (unpaired) electrons. The van der Waals surface area contributed by atoms with Gasteiger partial charge in [0.1, 0.15) is 11.6 Å². The van der Waals surface area contributed by atoms with Gasteiger partial charge in [0, 0.05) is 25.8 Å². The Morgan fingerprint density at radius 3 is 2.76 bits per heavy atom. The zero-order valence-electron chi connectivity index (χ0n) is 14.3. The van der Waals surface area contributed by atoms with Crippen molar-refractivity contribution in [3.8, 4) is 0 Å². The summed E-state index contributed by atoms with van der Waals surface area (Å²) in [6, 6.07) is 9.47. The molecule has 0 bridgehead atoms. The van der Waals surface area contributed by atoms with Gasteiger partial charge in [-0.3, -0.25) is 4.90 Å². The smallest absolute Gasteiger partial charge is 0.314 e. The summed E-state index contributed by atoms with van der Waals surface area (Å²) in [7, 11) is 0. The Morgan fingerprint density at radius 2 is 2.04 bits per heavy atom. The molecule has 3 N–H and O–H groups in total. The molecule has 1 fully saturated rings. The first-order valence-corrected chi connectivity index (χ1v) is 8.77. The lowest BCUT2D eigenvalue weighted by atomic mass is 10.2. The van der Waals surface area contributed by atoms with Crippen LogP contribution in [0, 0.1) is 0 Å². The van der Waals surface area contributed by atoms with Gasteiger partial charge in [0.2, 0.25) is 0 Å². The van der Waals surface area contributed by atoms with Gasteiger partial charge >= 0.3 is 6.03 Å². The molecule has 0 aromatic carbocycles. The Morgan fingerprint density at radius 1 is 1.16 bits per heavy atom. The fourth-order valence-corrected chi connectivity index (χ4v) is 3.03. The fraction of sp³-hybridized carbons (Fsp3) is 0.444. The number of nitrogens with zero attached hydrogens (tertiary/aromatic N) is 2. The molecule has 7 nitrogen and oxygen atoms in total. The second-order valence-electron chi connectivity index (χ2n) is 6.05. The highest BCUT2D eigenvalue weighted by Gasteiger charge is 2.25. The number of hydrogen-bond acceptors (Lipinski definition) is 5. The number of anilines is 1. The van der Waals surface area contributed by atoms with E-state index < -0.39 is 0 Å². The van der Waals surface area contributed by atoms with E-state index in [9.17, 15) is 4.79 Å². The van der Waals surface area contributed by atoms with Crippen molar-refractivity contribution in [3.05, 3.63) is 48.6 Å². The van der Waals surface area contributed by atoms with Gasteiger partial charge < -0.3 is 20.4 Å². The molecule has 1 saturated heterocycles. The highest BCUT2D eigenvalue weighted by atomic mass is 16.3. The van der Waals surface area contributed by atoms with Crippen molar-refractivity contribution < 1.29 is 9.21 Å². The van der Waals surface area contributed by atoms with Crippen LogP contribution in [0.5, 0.6) is 0 Å². The number of pyridine rings is 1. The van der Waals surface area contributed by atoms with Crippen molar-refractivity contribution in [3.63, 3.8) is 0 Å². The molecule has 0 aliphatic carbocycles. The number of rotatable bonds is 8. The first-order valence-electron chi connectivity index (χ1n) is 8.77. The second kappa shape index (κ2) is 9.08. The molecule has 25 heavy (non-hydrogen) atoms. The summed E-state index contributed by atoms with van der Waals surface area (Å²) in [5, 5.41) is 8.96. The van der Waals surface area contributed by atoms with E-state index in [1.807, 2.05) is 30.3 Å². The normalized spacial score (nSPS) is 15.7. The van der Waals surface area contributed by atoms with Crippen molar-refractivity contribution in [1.82, 2.24) is 20.5 Å². The van der Waals surface area contributed by atoms with Crippen molar-refractivity contribution in [1.29, 1.82) is 0 Å². The summed E-state index contributed by atoms with van der Waals surface area (Å²) in [4.78, 5) is 18.6. The minimum atomic E-state index is -0.168. The Kier molecular flexibility index (Phi) is 6.28. The monoisotopic (exact) mass is 343 g/mol. The van der Waals surface area contributed by atoms with Crippen LogP contribution in [-0.4, -0.2) is 48.6 Å². The molecule has 1 aliphatic heterocycles. The number of carbonyl (C=O) groups excluding carboxylic acids is 1. The van der Waals surface area contributed by atoms with Crippen molar-refractivity contribution >= 4 is 11.8 Å². The van der Waals surface area contributed by atoms with Crippen LogP contribution in [-0.2, 0) is 0 Å². The van der Waals surface area contributed by atoms with E-state index in [0.29, 0.717) is 19.6 Å². The molecule has 3 heterocycles. The molecule has 2 aromatic rings. The van der Waals surface area contributed by atoms with E-state index in [4.69, 9.17) is 4.42 Å². The molecule has 134 valence electrons. The number of furan rings is 1. The maximum Gasteiger partial charge on any atom is 0.314 e. The van der Waals surface area contributed by atoms with Crippen molar-refractivity contribution in [2.75, 3.05) is 38.0 Å². The summed E-state index contributed by atoms with van der Waals surface area (Å²) in [5.41, 5.74) is 0. The van der Waals surface area contributed by atoms with Crippen LogP contribution in [0.4, 0.5) is 10.6 Å². The van der Waals surface area contributed by atoms with Crippen LogP contribution >= 0.6 is 0 Å². The van der Waals surface area contributed by atoms with E-state index in [1.165, 1.54) is 12.8 Å². The van der Waals surface area contributed by atoms with Crippen molar-refractivity contribution in [2.45, 2.75) is 18.9 Å². The predicted octanol–water partition coefficient (Wildman–Crippen LogP) is 2.22. The van der Waals surface area contributed by atoms with Gasteiger partial charge in [-0.1, -0.05) is 6.07 Å². The van der Waals surface area contributed by atoms with E-state index in [0.717, 1.165) is 24.7 Å². The molecular formula is C18H25N5O2. The van der Waals surface area contributed by atoms with Crippen LogP contribution in [0.1, 0.15) is 24.6 Å². The summed E-state index contributed by atoms with van der Waals surface area (Å²) in [6.07, 6.45) is 5.81. The molecule has 1 atom stereocenters. The predicted molar refractivity (Wildman–Crippen MR) is 96.4 cm³/mol. The second-order valence-corrected chi connectivity index (χ2v) is 6.05. The number of amides is 2. The topological polar surface area (TPSA) is 82.4 Å². The summed E-state index contributed by atoms with van der Waals surface area (Å²) < 4.78 is 5.56. The Bertz CT molecular complexity index is 626. The number of hydrogen-bond donors (Lipinski definition) is 3. The third-order valence-corrected chi connectivity index (χ3v) is 4.29. The molecule has 7 heteroatoms. The van der Waals surface area contributed by atoms with Gasteiger partial charge in [-0.05, 0) is 50.2 Å². The SMILES string of the molecule is O=C(NCCNc1ccccn1)NC[C@H](c1ccco1)N1CCCC1. The summed E-state index contributed by atoms with van der Waals surface area (Å²) in [5.74, 6) is 1.70. The number of carbonyl (C=O) groups is 1. The Labute approximate surface area is 147 Å². The lowest BCUT2D eigenvalue weighted by Crippen LogP contribution is -2.42. The van der Waals surface area contributed by atoms with Crippen molar-refractivity contribution in [2.24, 2.45) is 0 Å². The summed E-state index contributed by atoms with van der Waals surface area (Å²) in [6.45, 7) is 3.77. The average Bonchev–Trinajstić information content (AvgIpc) is 3.34. The lowest BCUT2D eigenvalue weighted by molar-refractivity contribution is 0.203. The number of urea groups is 1. The average molecular weight is 343 g/mol. The maximum absolute atomic E-state index is 12.0. The zero-order chi connectivity index (χ0) is 17.3. The molecule has 1 aliphatic rings. The third-order valence-electron chi connectivity index (χ3n) is 4.29. The minimum absolute atomic E-state index is 0.0925. The molecule has 3 rings (SSSR count). The largest absolute Gasteiger partial charge is 0.468 e. The third kappa shape index (κ3) is 5.22. The number of likely N-dealkylation sites (tertiary alicyclic amines) is 1. The fourth-order valence-electron chi connectivity index (χ4n) is 3.03. The molecule has 0 unspecified atom stereocenters. The molecular weight excluding hydrogens is 318 g/mol. The maximum atomic E-state index is 12.0. The van der Waals surface area contributed by atoms with Gasteiger partial charge in [-0.2, -0.15) is 0 Å². The molecule has 2 aromatic heterocycles. The van der Waals surface area contributed by atoms with Crippen LogP contribution in [0.3, 0.4) is 0 Å². The van der Waals surface area contributed by atoms with E-state index in [2.05, 4.69) is 25.8 Å². The number of aromatic nitrogens is 1. The number of nitrogens with one attached hydrogen (secondary N) is 3. The quantitative estimate of drug-likeness (QED) is 0.640. The first kappa shape index (κ1) is 17.3. The highest BCUT2D eigenvalue weighted by molar-refractivity contribution is 5.73. The Hall–Kier alpha value is -2.54. The van der Waals surface area contributed by atoms with Gasteiger partial charge in [0.25, 0.3) is 0 Å². The van der Waals surface area contributed by atoms with Crippen LogP contribution < -0.4 is 16.0 Å². The standard InChI is InChI=1S/C18H25N5O2/c24-18(21-10-9-20-17-7-1-2-8-19-17)22-14-15(16-6-5-13-25-16)23-11-3-4-12-23/h1-2,5-8,13,15H,3-4,9-12,14H2,(H,19,20)(H2,21,22,24)/t15-/m1/s1. The van der Waals surface area contributed by atoms with Gasteiger partial charge in [-0.15, -0.1) is 0 Å². The first-order chi connectivity index (χ1) is 12.3. The Balaban J connectivity index is 1.39. The van der Waals surface area contributed by atoms with Crippen LogP contribution in [0.2, 0.25) is 0 Å². The lowest BCUT2D eigenvalue weighted by Gasteiger charge is -2.26. The van der Waals surface area contributed by atoms with Gasteiger partial charge in [-0.25, -0.2) is 9.78 Å².